The number of primary amides is 1. The van der Waals surface area contributed by atoms with Crippen LogP contribution in [0.3, 0.4) is 0 Å². The second-order valence-corrected chi connectivity index (χ2v) is 2.68. The van der Waals surface area contributed by atoms with Crippen LogP contribution in [0.15, 0.2) is 0 Å². The van der Waals surface area contributed by atoms with Crippen molar-refractivity contribution in [3.8, 4) is 0 Å². The van der Waals surface area contributed by atoms with Crippen molar-refractivity contribution in [1.82, 2.24) is 4.90 Å². The van der Waals surface area contributed by atoms with Crippen LogP contribution in [0.5, 0.6) is 0 Å². The molecule has 0 saturated carbocycles. The third-order valence-corrected chi connectivity index (χ3v) is 1.84. The number of piperidine rings is 1. The first-order valence-corrected chi connectivity index (χ1v) is 3.75. The zero-order valence-electron chi connectivity index (χ0n) is 6.36. The highest BCUT2D eigenvalue weighted by atomic mass is 16.3. The molecule has 1 fully saturated rings. The number of nitrogens with two attached hydrogens (primary N) is 1. The minimum Gasteiger partial charge on any atom is -0.370 e. The molecular formula is C7H13N2O2. The van der Waals surface area contributed by atoms with Gasteiger partial charge in [0.25, 0.3) is 5.91 Å². The molecule has 0 aromatic rings. The van der Waals surface area contributed by atoms with Crippen molar-refractivity contribution in [3.05, 3.63) is 6.42 Å². The van der Waals surface area contributed by atoms with Gasteiger partial charge >= 0.3 is 0 Å². The fourth-order valence-corrected chi connectivity index (χ4v) is 1.19. The van der Waals surface area contributed by atoms with Crippen molar-refractivity contribution in [1.29, 1.82) is 0 Å². The van der Waals surface area contributed by atoms with Gasteiger partial charge in [-0.3, -0.25) is 9.69 Å². The van der Waals surface area contributed by atoms with E-state index in [1.807, 2.05) is 0 Å². The molecule has 1 heterocycles. The van der Waals surface area contributed by atoms with E-state index in [9.17, 15) is 9.90 Å². The zero-order valence-corrected chi connectivity index (χ0v) is 6.36. The van der Waals surface area contributed by atoms with Gasteiger partial charge in [-0.2, -0.15) is 0 Å². The van der Waals surface area contributed by atoms with Crippen molar-refractivity contribution in [2.75, 3.05) is 13.1 Å². The maximum absolute atomic E-state index is 10.5. The maximum atomic E-state index is 10.5. The molecule has 11 heavy (non-hydrogen) atoms. The van der Waals surface area contributed by atoms with Crippen LogP contribution in [0.4, 0.5) is 0 Å². The summed E-state index contributed by atoms with van der Waals surface area (Å²) in [5.74, 6) is -0.660. The number of likely N-dealkylation sites (tertiary alicyclic amines) is 1. The first-order chi connectivity index (χ1) is 5.22. The molecule has 1 aliphatic heterocycles. The minimum atomic E-state index is -1.09. The van der Waals surface area contributed by atoms with E-state index in [-0.39, 0.29) is 0 Å². The highest BCUT2D eigenvalue weighted by Crippen LogP contribution is 2.09. The molecule has 1 aliphatic rings. The maximum Gasteiger partial charge on any atom is 0.261 e. The van der Waals surface area contributed by atoms with Gasteiger partial charge in [-0.05, 0) is 19.3 Å². The third-order valence-electron chi connectivity index (χ3n) is 1.84. The van der Waals surface area contributed by atoms with Gasteiger partial charge in [0, 0.05) is 13.1 Å². The summed E-state index contributed by atoms with van der Waals surface area (Å²) in [6.45, 7) is 1.45. The summed E-state index contributed by atoms with van der Waals surface area (Å²) in [5, 5.41) is 9.19. The van der Waals surface area contributed by atoms with E-state index in [4.69, 9.17) is 5.73 Å². The van der Waals surface area contributed by atoms with Crippen LogP contribution < -0.4 is 5.73 Å². The standard InChI is InChI=1S/C7H13N2O2/c8-6(10)7(11)9-4-2-1-3-5-9/h1,7,11H,2-5H2,(H2,8,10). The van der Waals surface area contributed by atoms with Crippen LogP contribution in [-0.4, -0.2) is 35.2 Å². The Hall–Kier alpha value is -0.610. The molecule has 1 rings (SSSR count). The van der Waals surface area contributed by atoms with Crippen LogP contribution in [-0.2, 0) is 4.79 Å². The number of carbonyl (C=O) groups excluding carboxylic acids is 1. The topological polar surface area (TPSA) is 66.6 Å². The molecular weight excluding hydrogens is 144 g/mol. The molecule has 3 N–H and O–H groups in total. The lowest BCUT2D eigenvalue weighted by molar-refractivity contribution is -0.136. The Morgan fingerprint density at radius 1 is 1.55 bits per heavy atom. The second-order valence-electron chi connectivity index (χ2n) is 2.68. The van der Waals surface area contributed by atoms with Gasteiger partial charge < -0.3 is 10.8 Å². The lowest BCUT2D eigenvalue weighted by Gasteiger charge is -2.28. The summed E-state index contributed by atoms with van der Waals surface area (Å²) in [7, 11) is 0. The summed E-state index contributed by atoms with van der Waals surface area (Å²) >= 11 is 0. The Morgan fingerprint density at radius 2 is 2.09 bits per heavy atom. The fourth-order valence-electron chi connectivity index (χ4n) is 1.19. The average Bonchev–Trinajstić information content (AvgIpc) is 2.05. The summed E-state index contributed by atoms with van der Waals surface area (Å²) in [5.41, 5.74) is 4.93. The number of carbonyl (C=O) groups is 1. The molecule has 0 aliphatic carbocycles. The summed E-state index contributed by atoms with van der Waals surface area (Å²) in [6.07, 6.45) is 2.89. The second kappa shape index (κ2) is 3.69. The number of nitrogens with zero attached hydrogens (tertiary/aromatic N) is 1. The molecule has 4 heteroatoms. The number of aliphatic hydroxyl groups is 1. The largest absolute Gasteiger partial charge is 0.370 e. The lowest BCUT2D eigenvalue weighted by atomic mass is 10.1. The Kier molecular flexibility index (Phi) is 2.84. The van der Waals surface area contributed by atoms with Crippen LogP contribution in [0.1, 0.15) is 12.8 Å². The van der Waals surface area contributed by atoms with E-state index in [1.54, 1.807) is 4.90 Å². The summed E-state index contributed by atoms with van der Waals surface area (Å²) in [4.78, 5) is 12.2. The van der Waals surface area contributed by atoms with Crippen LogP contribution in [0, 0.1) is 6.42 Å². The minimum absolute atomic E-state index is 0.660. The molecule has 0 bridgehead atoms. The predicted molar refractivity (Wildman–Crippen MR) is 40.3 cm³/mol. The van der Waals surface area contributed by atoms with Gasteiger partial charge in [-0.15, -0.1) is 0 Å². The monoisotopic (exact) mass is 157 g/mol. The van der Waals surface area contributed by atoms with Crippen molar-refractivity contribution in [2.45, 2.75) is 19.1 Å². The molecule has 1 unspecified atom stereocenters. The highest BCUT2D eigenvalue weighted by molar-refractivity contribution is 5.78. The van der Waals surface area contributed by atoms with Crippen molar-refractivity contribution >= 4 is 5.91 Å². The molecule has 0 aromatic heterocycles. The van der Waals surface area contributed by atoms with E-state index in [0.717, 1.165) is 25.9 Å². The molecule has 63 valence electrons. The number of rotatable bonds is 2. The van der Waals surface area contributed by atoms with Crippen molar-refractivity contribution in [2.24, 2.45) is 5.73 Å². The first kappa shape index (κ1) is 8.49. The number of aliphatic hydroxyl groups excluding tert-OH is 1. The number of hydrogen-bond acceptors (Lipinski definition) is 3. The molecule has 1 amide bonds. The Labute approximate surface area is 66.0 Å². The van der Waals surface area contributed by atoms with Gasteiger partial charge in [0.1, 0.15) is 0 Å². The van der Waals surface area contributed by atoms with Gasteiger partial charge in [0.15, 0.2) is 6.23 Å². The first-order valence-electron chi connectivity index (χ1n) is 3.75. The van der Waals surface area contributed by atoms with Crippen molar-refractivity contribution < 1.29 is 9.90 Å². The molecule has 1 radical (unpaired) electrons. The van der Waals surface area contributed by atoms with E-state index >= 15 is 0 Å². The summed E-state index contributed by atoms with van der Waals surface area (Å²) < 4.78 is 0. The number of hydrogen-bond donors (Lipinski definition) is 2. The number of amides is 1. The van der Waals surface area contributed by atoms with Crippen LogP contribution in [0.2, 0.25) is 0 Å². The SMILES string of the molecule is NC(=O)C(O)N1CC[CH]CC1. The average molecular weight is 157 g/mol. The smallest absolute Gasteiger partial charge is 0.261 e. The zero-order chi connectivity index (χ0) is 8.27. The molecule has 1 atom stereocenters. The van der Waals surface area contributed by atoms with Crippen molar-refractivity contribution in [3.63, 3.8) is 0 Å². The molecule has 1 saturated heterocycles. The van der Waals surface area contributed by atoms with E-state index < -0.39 is 12.1 Å². The van der Waals surface area contributed by atoms with Gasteiger partial charge in [0.05, 0.1) is 0 Å². The van der Waals surface area contributed by atoms with E-state index in [2.05, 4.69) is 6.42 Å². The van der Waals surface area contributed by atoms with Gasteiger partial charge in [0.2, 0.25) is 0 Å². The van der Waals surface area contributed by atoms with Gasteiger partial charge in [-0.1, -0.05) is 0 Å². The van der Waals surface area contributed by atoms with E-state index in [1.165, 1.54) is 0 Å². The highest BCUT2D eigenvalue weighted by Gasteiger charge is 2.21. The quantitative estimate of drug-likeness (QED) is 0.545. The predicted octanol–water partition coefficient (Wildman–Crippen LogP) is -0.910. The third kappa shape index (κ3) is 2.17. The molecule has 4 nitrogen and oxygen atoms in total. The fraction of sp³-hybridized carbons (Fsp3) is 0.714. The summed E-state index contributed by atoms with van der Waals surface area (Å²) in [6, 6.07) is 0. The Balaban J connectivity index is 2.38. The normalized spacial score (nSPS) is 23.0. The molecule has 0 spiro atoms. The Bertz CT molecular complexity index is 143. The van der Waals surface area contributed by atoms with Crippen LogP contribution >= 0.6 is 0 Å². The van der Waals surface area contributed by atoms with Gasteiger partial charge in [-0.25, -0.2) is 0 Å². The van der Waals surface area contributed by atoms with E-state index in [0.29, 0.717) is 0 Å². The van der Waals surface area contributed by atoms with Crippen LogP contribution in [0.25, 0.3) is 0 Å². The Morgan fingerprint density at radius 3 is 2.55 bits per heavy atom. The lowest BCUT2D eigenvalue weighted by Crippen LogP contribution is -2.46. The molecule has 0 aromatic carbocycles.